The van der Waals surface area contributed by atoms with E-state index in [0.717, 1.165) is 17.5 Å². The van der Waals surface area contributed by atoms with E-state index in [4.69, 9.17) is 9.47 Å². The van der Waals surface area contributed by atoms with Gasteiger partial charge in [0.05, 0.1) is 19.3 Å². The van der Waals surface area contributed by atoms with Crippen molar-refractivity contribution in [3.63, 3.8) is 0 Å². The molecule has 0 spiro atoms. The van der Waals surface area contributed by atoms with Crippen molar-refractivity contribution in [2.24, 2.45) is 0 Å². The molecule has 1 fully saturated rings. The fourth-order valence-electron chi connectivity index (χ4n) is 2.61. The van der Waals surface area contributed by atoms with Gasteiger partial charge < -0.3 is 19.9 Å². The second kappa shape index (κ2) is 7.95. The van der Waals surface area contributed by atoms with Crippen molar-refractivity contribution in [3.8, 4) is 5.75 Å². The number of aryl methyl sites for hydroxylation is 1. The van der Waals surface area contributed by atoms with Gasteiger partial charge in [-0.1, -0.05) is 42.5 Å². The highest BCUT2D eigenvalue weighted by Crippen LogP contribution is 2.24. The lowest BCUT2D eigenvalue weighted by atomic mass is 10.1. The third-order valence-electron chi connectivity index (χ3n) is 3.91. The van der Waals surface area contributed by atoms with E-state index in [9.17, 15) is 9.90 Å². The van der Waals surface area contributed by atoms with Crippen LogP contribution < -0.4 is 5.32 Å². The van der Waals surface area contributed by atoms with E-state index < -0.39 is 6.29 Å². The molecule has 0 aliphatic carbocycles. The lowest BCUT2D eigenvalue weighted by Gasteiger charge is -2.30. The van der Waals surface area contributed by atoms with Crippen molar-refractivity contribution in [2.75, 3.05) is 13.2 Å². The van der Waals surface area contributed by atoms with Crippen molar-refractivity contribution >= 4 is 5.91 Å². The second-order valence-electron chi connectivity index (χ2n) is 5.84. The van der Waals surface area contributed by atoms with Gasteiger partial charge in [0.25, 0.3) is 0 Å². The Labute approximate surface area is 141 Å². The molecule has 5 nitrogen and oxygen atoms in total. The fourth-order valence-corrected chi connectivity index (χ4v) is 2.61. The smallest absolute Gasteiger partial charge is 0.220 e. The maximum Gasteiger partial charge on any atom is 0.220 e. The molecule has 0 aromatic heterocycles. The number of phenols is 1. The molecule has 1 saturated heterocycles. The van der Waals surface area contributed by atoms with Gasteiger partial charge in [-0.3, -0.25) is 4.79 Å². The summed E-state index contributed by atoms with van der Waals surface area (Å²) in [6.07, 6.45) is 0.710. The van der Waals surface area contributed by atoms with Crippen LogP contribution in [0.1, 0.15) is 23.8 Å². The predicted octanol–water partition coefficient (Wildman–Crippen LogP) is 2.56. The topological polar surface area (TPSA) is 67.8 Å². The van der Waals surface area contributed by atoms with E-state index in [2.05, 4.69) is 5.32 Å². The zero-order valence-corrected chi connectivity index (χ0v) is 13.4. The number of carbonyl (C=O) groups is 1. The van der Waals surface area contributed by atoms with E-state index in [1.54, 1.807) is 24.3 Å². The number of benzene rings is 2. The van der Waals surface area contributed by atoms with Crippen LogP contribution in [0.15, 0.2) is 54.6 Å². The summed E-state index contributed by atoms with van der Waals surface area (Å²) in [5.41, 5.74) is 2.00. The Kier molecular flexibility index (Phi) is 5.46. The molecular weight excluding hydrogens is 306 g/mol. The third-order valence-corrected chi connectivity index (χ3v) is 3.91. The minimum atomic E-state index is -0.455. The van der Waals surface area contributed by atoms with E-state index in [1.807, 2.05) is 30.3 Å². The molecule has 5 heteroatoms. The average molecular weight is 327 g/mol. The lowest BCUT2D eigenvalue weighted by molar-refractivity contribution is -0.195. The Morgan fingerprint density at radius 3 is 2.38 bits per heavy atom. The first-order valence-corrected chi connectivity index (χ1v) is 8.06. The first-order valence-electron chi connectivity index (χ1n) is 8.06. The van der Waals surface area contributed by atoms with Crippen LogP contribution in [0.3, 0.4) is 0 Å². The molecule has 1 heterocycles. The summed E-state index contributed by atoms with van der Waals surface area (Å²) >= 11 is 0. The molecule has 126 valence electrons. The van der Waals surface area contributed by atoms with Crippen LogP contribution in [-0.2, 0) is 20.7 Å². The van der Waals surface area contributed by atoms with Crippen LogP contribution >= 0.6 is 0 Å². The van der Waals surface area contributed by atoms with Crippen LogP contribution in [0, 0.1) is 0 Å². The Hall–Kier alpha value is -2.37. The molecule has 0 bridgehead atoms. The molecule has 0 atom stereocenters. The van der Waals surface area contributed by atoms with Crippen molar-refractivity contribution in [2.45, 2.75) is 25.2 Å². The van der Waals surface area contributed by atoms with Gasteiger partial charge in [-0.25, -0.2) is 0 Å². The normalized spacial score (nSPS) is 20.5. The fraction of sp³-hybridized carbons (Fsp3) is 0.316. The van der Waals surface area contributed by atoms with E-state index in [0.29, 0.717) is 19.6 Å². The maximum absolute atomic E-state index is 12.0. The molecule has 2 aromatic carbocycles. The molecule has 24 heavy (non-hydrogen) atoms. The number of rotatable bonds is 5. The number of hydrogen-bond donors (Lipinski definition) is 2. The Bertz CT molecular complexity index is 649. The van der Waals surface area contributed by atoms with Crippen LogP contribution in [0.25, 0.3) is 0 Å². The number of hydrogen-bond acceptors (Lipinski definition) is 4. The molecule has 1 aliphatic rings. The summed E-state index contributed by atoms with van der Waals surface area (Å²) in [7, 11) is 0. The quantitative estimate of drug-likeness (QED) is 0.886. The molecule has 0 unspecified atom stereocenters. The SMILES string of the molecule is O=C(CCc1ccccc1)N[C@H]1CO[C@H](c2ccc(O)cc2)OC1. The molecule has 2 aromatic rings. The van der Waals surface area contributed by atoms with Crippen LogP contribution in [0.2, 0.25) is 0 Å². The van der Waals surface area contributed by atoms with Gasteiger partial charge in [0.1, 0.15) is 5.75 Å². The minimum Gasteiger partial charge on any atom is -0.508 e. The highest BCUT2D eigenvalue weighted by molar-refractivity contribution is 5.76. The summed E-state index contributed by atoms with van der Waals surface area (Å²) in [6.45, 7) is 0.811. The number of phenolic OH excluding ortho intramolecular Hbond substituents is 1. The number of ether oxygens (including phenoxy) is 2. The third kappa shape index (κ3) is 4.57. The van der Waals surface area contributed by atoms with Crippen LogP contribution in [0.4, 0.5) is 0 Å². The number of carbonyl (C=O) groups excluding carboxylic acids is 1. The first kappa shape index (κ1) is 16.5. The monoisotopic (exact) mass is 327 g/mol. The van der Waals surface area contributed by atoms with Crippen molar-refractivity contribution in [1.29, 1.82) is 0 Å². The van der Waals surface area contributed by atoms with Crippen LogP contribution in [0.5, 0.6) is 5.75 Å². The van der Waals surface area contributed by atoms with Crippen LogP contribution in [-0.4, -0.2) is 30.3 Å². The van der Waals surface area contributed by atoms with Gasteiger partial charge in [0.2, 0.25) is 5.91 Å². The van der Waals surface area contributed by atoms with Gasteiger partial charge in [-0.2, -0.15) is 0 Å². The lowest BCUT2D eigenvalue weighted by Crippen LogP contribution is -2.45. The second-order valence-corrected chi connectivity index (χ2v) is 5.84. The molecule has 0 saturated carbocycles. The number of aromatic hydroxyl groups is 1. The minimum absolute atomic E-state index is 0.000800. The summed E-state index contributed by atoms with van der Waals surface area (Å²) in [4.78, 5) is 12.0. The molecule has 0 radical (unpaired) electrons. The Morgan fingerprint density at radius 1 is 1.04 bits per heavy atom. The maximum atomic E-state index is 12.0. The van der Waals surface area contributed by atoms with Gasteiger partial charge in [-0.05, 0) is 24.1 Å². The molecule has 1 amide bonds. The summed E-state index contributed by atoms with van der Waals surface area (Å²) in [6, 6.07) is 16.5. The summed E-state index contributed by atoms with van der Waals surface area (Å²) in [5.74, 6) is 0.206. The van der Waals surface area contributed by atoms with E-state index in [-0.39, 0.29) is 17.7 Å². The van der Waals surface area contributed by atoms with Gasteiger partial charge in [0, 0.05) is 12.0 Å². The standard InChI is InChI=1S/C19H21NO4/c21-17-9-7-15(8-10-17)19-23-12-16(13-24-19)20-18(22)11-6-14-4-2-1-3-5-14/h1-5,7-10,16,19,21H,6,11-13H2,(H,20,22)/t16-,19-. The molecule has 2 N–H and O–H groups in total. The Balaban J connectivity index is 1.41. The molecule has 3 rings (SSSR count). The van der Waals surface area contributed by atoms with Gasteiger partial charge in [0.15, 0.2) is 6.29 Å². The first-order chi connectivity index (χ1) is 11.7. The van der Waals surface area contributed by atoms with Crippen molar-refractivity contribution in [1.82, 2.24) is 5.32 Å². The zero-order chi connectivity index (χ0) is 16.8. The summed E-state index contributed by atoms with van der Waals surface area (Å²) in [5, 5.41) is 12.2. The molecule has 1 aliphatic heterocycles. The van der Waals surface area contributed by atoms with E-state index >= 15 is 0 Å². The number of nitrogens with one attached hydrogen (secondary N) is 1. The van der Waals surface area contributed by atoms with Crippen molar-refractivity contribution in [3.05, 3.63) is 65.7 Å². The average Bonchev–Trinajstić information content (AvgIpc) is 2.62. The molecular formula is C19H21NO4. The summed E-state index contributed by atoms with van der Waals surface area (Å²) < 4.78 is 11.3. The van der Waals surface area contributed by atoms with Gasteiger partial charge in [-0.15, -0.1) is 0 Å². The van der Waals surface area contributed by atoms with E-state index in [1.165, 1.54) is 0 Å². The predicted molar refractivity (Wildman–Crippen MR) is 89.4 cm³/mol. The largest absolute Gasteiger partial charge is 0.508 e. The van der Waals surface area contributed by atoms with Gasteiger partial charge >= 0.3 is 0 Å². The number of amides is 1. The highest BCUT2D eigenvalue weighted by atomic mass is 16.7. The Morgan fingerprint density at radius 2 is 1.71 bits per heavy atom. The van der Waals surface area contributed by atoms with Crippen molar-refractivity contribution < 1.29 is 19.4 Å². The highest BCUT2D eigenvalue weighted by Gasteiger charge is 2.24. The zero-order valence-electron chi connectivity index (χ0n) is 13.4.